The predicted molar refractivity (Wildman–Crippen MR) is 80.8 cm³/mol. The Labute approximate surface area is 124 Å². The topological polar surface area (TPSA) is 81.9 Å². The molecule has 0 amide bonds. The van der Waals surface area contributed by atoms with Crippen LogP contribution in [0.4, 0.5) is 0 Å². The number of hydrogen-bond acceptors (Lipinski definition) is 4. The first-order valence-corrected chi connectivity index (χ1v) is 7.06. The number of benzene rings is 1. The molecule has 7 nitrogen and oxygen atoms in total. The van der Waals surface area contributed by atoms with E-state index in [0.717, 1.165) is 12.8 Å². The van der Waals surface area contributed by atoms with E-state index in [1.807, 2.05) is 12.1 Å². The molecule has 112 valence electrons. The number of rotatable bonds is 3. The zero-order valence-electron chi connectivity index (χ0n) is 11.9. The molecule has 1 aliphatic rings. The molecule has 1 aliphatic carbocycles. The van der Waals surface area contributed by atoms with Crippen LogP contribution in [0.25, 0.3) is 16.9 Å². The van der Waals surface area contributed by atoms with Gasteiger partial charge in [-0.2, -0.15) is 0 Å². The number of nitrogens with zero attached hydrogens (tertiary/aromatic N) is 3. The first kappa shape index (κ1) is 12.9. The number of fused-ring (bicyclic) bond motifs is 1. The maximum absolute atomic E-state index is 12.9. The van der Waals surface area contributed by atoms with Gasteiger partial charge in [-0.25, -0.2) is 14.3 Å². The highest BCUT2D eigenvalue weighted by Crippen LogP contribution is 2.33. The number of para-hydroxylation sites is 2. The summed E-state index contributed by atoms with van der Waals surface area (Å²) >= 11 is 0. The van der Waals surface area contributed by atoms with Crippen molar-refractivity contribution in [2.45, 2.75) is 18.9 Å². The summed E-state index contributed by atoms with van der Waals surface area (Å²) in [5.41, 5.74) is 0.526. The normalized spacial score (nSPS) is 14.4. The van der Waals surface area contributed by atoms with E-state index >= 15 is 0 Å². The molecular weight excluding hydrogens is 284 g/mol. The van der Waals surface area contributed by atoms with Crippen molar-refractivity contribution in [3.05, 3.63) is 51.4 Å². The van der Waals surface area contributed by atoms with Gasteiger partial charge in [-0.3, -0.25) is 9.36 Å². The second kappa shape index (κ2) is 4.59. The van der Waals surface area contributed by atoms with Gasteiger partial charge in [0.15, 0.2) is 5.65 Å². The third kappa shape index (κ3) is 1.71. The molecule has 1 N–H and O–H groups in total. The fraction of sp³-hybridized carbons (Fsp3) is 0.267. The second-order valence-corrected chi connectivity index (χ2v) is 5.30. The molecule has 22 heavy (non-hydrogen) atoms. The highest BCUT2D eigenvalue weighted by Gasteiger charge is 2.30. The van der Waals surface area contributed by atoms with Crippen LogP contribution in [0, 0.1) is 0 Å². The van der Waals surface area contributed by atoms with Crippen LogP contribution in [-0.2, 0) is 0 Å². The number of methoxy groups -OCH3 is 1. The molecule has 2 heterocycles. The minimum absolute atomic E-state index is 0.0198. The van der Waals surface area contributed by atoms with E-state index in [1.165, 1.54) is 15.5 Å². The third-order valence-electron chi connectivity index (χ3n) is 3.90. The van der Waals surface area contributed by atoms with E-state index in [0.29, 0.717) is 22.6 Å². The van der Waals surface area contributed by atoms with Crippen LogP contribution < -0.4 is 16.0 Å². The Kier molecular flexibility index (Phi) is 2.69. The van der Waals surface area contributed by atoms with Crippen molar-refractivity contribution >= 4 is 11.2 Å². The Bertz CT molecular complexity index is 978. The predicted octanol–water partition coefficient (Wildman–Crippen LogP) is 1.22. The van der Waals surface area contributed by atoms with Gasteiger partial charge in [-0.15, -0.1) is 0 Å². The van der Waals surface area contributed by atoms with Gasteiger partial charge < -0.3 is 9.72 Å². The van der Waals surface area contributed by atoms with Gasteiger partial charge in [0.25, 0.3) is 5.56 Å². The lowest BCUT2D eigenvalue weighted by Gasteiger charge is -2.13. The smallest absolute Gasteiger partial charge is 0.337 e. The minimum Gasteiger partial charge on any atom is -0.495 e. The van der Waals surface area contributed by atoms with Crippen molar-refractivity contribution in [1.82, 2.24) is 19.1 Å². The van der Waals surface area contributed by atoms with E-state index in [1.54, 1.807) is 19.2 Å². The summed E-state index contributed by atoms with van der Waals surface area (Å²) in [5.74, 6) is 0.551. The molecule has 2 aromatic heterocycles. The monoisotopic (exact) mass is 298 g/mol. The van der Waals surface area contributed by atoms with Crippen LogP contribution in [0.5, 0.6) is 5.75 Å². The average molecular weight is 298 g/mol. The molecular formula is C15H14N4O3. The van der Waals surface area contributed by atoms with E-state index in [4.69, 9.17) is 4.74 Å². The van der Waals surface area contributed by atoms with E-state index in [-0.39, 0.29) is 17.3 Å². The Morgan fingerprint density at radius 2 is 2.05 bits per heavy atom. The van der Waals surface area contributed by atoms with Crippen LogP contribution in [0.15, 0.2) is 40.2 Å². The molecule has 0 spiro atoms. The van der Waals surface area contributed by atoms with Crippen LogP contribution in [0.3, 0.4) is 0 Å². The molecule has 0 bridgehead atoms. The summed E-state index contributed by atoms with van der Waals surface area (Å²) in [6.07, 6.45) is 3.12. The molecule has 1 saturated carbocycles. The zero-order valence-corrected chi connectivity index (χ0v) is 11.9. The number of nitrogens with one attached hydrogen (secondary N) is 1. The first-order chi connectivity index (χ1) is 10.7. The van der Waals surface area contributed by atoms with E-state index in [2.05, 4.69) is 9.97 Å². The van der Waals surface area contributed by atoms with Gasteiger partial charge in [-0.1, -0.05) is 12.1 Å². The first-order valence-electron chi connectivity index (χ1n) is 7.06. The van der Waals surface area contributed by atoms with Crippen molar-refractivity contribution in [2.75, 3.05) is 7.11 Å². The molecule has 4 rings (SSSR count). The molecule has 1 aromatic carbocycles. The number of ether oxygens (including phenoxy) is 1. The van der Waals surface area contributed by atoms with Crippen LogP contribution >= 0.6 is 0 Å². The van der Waals surface area contributed by atoms with E-state index < -0.39 is 0 Å². The maximum Gasteiger partial charge on any atom is 0.337 e. The maximum atomic E-state index is 12.9. The summed E-state index contributed by atoms with van der Waals surface area (Å²) in [4.78, 5) is 32.3. The lowest BCUT2D eigenvalue weighted by molar-refractivity contribution is 0.412. The van der Waals surface area contributed by atoms with Crippen LogP contribution in [-0.4, -0.2) is 26.2 Å². The van der Waals surface area contributed by atoms with Gasteiger partial charge in [0.1, 0.15) is 11.3 Å². The fourth-order valence-corrected chi connectivity index (χ4v) is 2.71. The zero-order chi connectivity index (χ0) is 15.3. The van der Waals surface area contributed by atoms with Gasteiger partial charge in [-0.05, 0) is 25.0 Å². The summed E-state index contributed by atoms with van der Waals surface area (Å²) in [7, 11) is 1.54. The minimum atomic E-state index is -0.378. The Morgan fingerprint density at radius 1 is 1.27 bits per heavy atom. The Morgan fingerprint density at radius 3 is 2.77 bits per heavy atom. The highest BCUT2D eigenvalue weighted by molar-refractivity contribution is 5.72. The van der Waals surface area contributed by atoms with Crippen molar-refractivity contribution < 1.29 is 4.74 Å². The summed E-state index contributed by atoms with van der Waals surface area (Å²) < 4.78 is 8.09. The van der Waals surface area contributed by atoms with Gasteiger partial charge in [0.05, 0.1) is 19.1 Å². The van der Waals surface area contributed by atoms with Crippen LogP contribution in [0.1, 0.15) is 18.9 Å². The number of imidazole rings is 1. The molecule has 0 atom stereocenters. The largest absolute Gasteiger partial charge is 0.495 e. The number of aromatic amines is 1. The summed E-state index contributed by atoms with van der Waals surface area (Å²) in [6, 6.07) is 7.17. The number of hydrogen-bond donors (Lipinski definition) is 1. The van der Waals surface area contributed by atoms with E-state index in [9.17, 15) is 9.59 Å². The van der Waals surface area contributed by atoms with Gasteiger partial charge in [0.2, 0.25) is 0 Å². The molecule has 0 saturated heterocycles. The molecule has 1 fully saturated rings. The van der Waals surface area contributed by atoms with Crippen LogP contribution in [0.2, 0.25) is 0 Å². The summed E-state index contributed by atoms with van der Waals surface area (Å²) in [6.45, 7) is 0. The standard InChI is InChI=1S/C15H14N4O3/c1-22-11-5-3-2-4-10(11)19-13-12(16-8-17-13)14(20)18(15(19)21)9-6-7-9/h2-5,8-9H,6-7H2,1H3,(H,16,17). The quantitative estimate of drug-likeness (QED) is 0.788. The highest BCUT2D eigenvalue weighted by atomic mass is 16.5. The van der Waals surface area contributed by atoms with Crippen molar-refractivity contribution in [3.8, 4) is 11.4 Å². The van der Waals surface area contributed by atoms with Crippen molar-refractivity contribution in [3.63, 3.8) is 0 Å². The summed E-state index contributed by atoms with van der Waals surface area (Å²) in [5, 5.41) is 0. The third-order valence-corrected chi connectivity index (χ3v) is 3.90. The fourth-order valence-electron chi connectivity index (χ4n) is 2.71. The van der Waals surface area contributed by atoms with Gasteiger partial charge in [0, 0.05) is 6.04 Å². The van der Waals surface area contributed by atoms with Crippen molar-refractivity contribution in [2.24, 2.45) is 0 Å². The second-order valence-electron chi connectivity index (χ2n) is 5.30. The molecule has 7 heteroatoms. The average Bonchev–Trinajstić information content (AvgIpc) is 3.24. The molecule has 0 unspecified atom stereocenters. The molecule has 0 radical (unpaired) electrons. The molecule has 0 aliphatic heterocycles. The lowest BCUT2D eigenvalue weighted by Crippen LogP contribution is -2.39. The lowest BCUT2D eigenvalue weighted by atomic mass is 10.3. The SMILES string of the molecule is COc1ccccc1-n1c(=O)n(C2CC2)c(=O)c2[nH]cnc21. The van der Waals surface area contributed by atoms with Crippen molar-refractivity contribution in [1.29, 1.82) is 0 Å². The Balaban J connectivity index is 2.16. The number of aromatic nitrogens is 4. The molecule has 3 aromatic rings. The Hall–Kier alpha value is -2.83. The van der Waals surface area contributed by atoms with Gasteiger partial charge >= 0.3 is 5.69 Å². The number of H-pyrrole nitrogens is 1.